The summed E-state index contributed by atoms with van der Waals surface area (Å²) < 4.78 is 2.13. The van der Waals surface area contributed by atoms with Gasteiger partial charge in [-0.25, -0.2) is 9.55 Å². The van der Waals surface area contributed by atoms with Crippen molar-refractivity contribution in [2.24, 2.45) is 0 Å². The van der Waals surface area contributed by atoms with Crippen LogP contribution in [-0.2, 0) is 6.54 Å². The predicted octanol–water partition coefficient (Wildman–Crippen LogP) is 1.63. The summed E-state index contributed by atoms with van der Waals surface area (Å²) in [6, 6.07) is 0. The van der Waals surface area contributed by atoms with Crippen LogP contribution in [0, 0.1) is 6.92 Å². The number of fused-ring (bicyclic) bond motifs is 1. The molecule has 3 heterocycles. The Morgan fingerprint density at radius 3 is 2.74 bits per heavy atom. The van der Waals surface area contributed by atoms with Gasteiger partial charge in [0.25, 0.3) is 0 Å². The molecule has 0 aromatic carbocycles. The third kappa shape index (κ3) is 2.25. The quantitative estimate of drug-likeness (QED) is 0.768. The van der Waals surface area contributed by atoms with Gasteiger partial charge in [-0.2, -0.15) is 4.98 Å². The van der Waals surface area contributed by atoms with Crippen LogP contribution in [0.3, 0.4) is 0 Å². The van der Waals surface area contributed by atoms with Crippen molar-refractivity contribution in [3.63, 3.8) is 0 Å². The second-order valence-corrected chi connectivity index (χ2v) is 5.04. The molecule has 0 radical (unpaired) electrons. The zero-order valence-electron chi connectivity index (χ0n) is 11.6. The van der Waals surface area contributed by atoms with E-state index < -0.39 is 0 Å². The lowest BCUT2D eigenvalue weighted by Gasteiger charge is -2.24. The van der Waals surface area contributed by atoms with Crippen LogP contribution in [0.5, 0.6) is 0 Å². The van der Waals surface area contributed by atoms with Crippen LogP contribution in [0.15, 0.2) is 12.4 Å². The summed E-state index contributed by atoms with van der Waals surface area (Å²) in [6.45, 7) is 7.17. The van der Waals surface area contributed by atoms with Gasteiger partial charge in [0.2, 0.25) is 0 Å². The fourth-order valence-corrected chi connectivity index (χ4v) is 2.64. The van der Waals surface area contributed by atoms with Gasteiger partial charge in [0.05, 0.1) is 18.4 Å². The number of rotatable bonds is 2. The molecule has 1 fully saturated rings. The van der Waals surface area contributed by atoms with Crippen LogP contribution in [0.4, 0.5) is 5.95 Å². The molecular formula is C14H20N5+. The van der Waals surface area contributed by atoms with Crippen molar-refractivity contribution in [1.82, 2.24) is 15.0 Å². The predicted molar refractivity (Wildman–Crippen MR) is 74.0 cm³/mol. The minimum atomic E-state index is 0.861. The number of hydrogen-bond donors (Lipinski definition) is 0. The molecule has 3 rings (SSSR count). The van der Waals surface area contributed by atoms with Crippen molar-refractivity contribution in [2.75, 3.05) is 18.0 Å². The average molecular weight is 258 g/mol. The Kier molecular flexibility index (Phi) is 3.27. The first kappa shape index (κ1) is 12.3. The molecule has 0 unspecified atom stereocenters. The van der Waals surface area contributed by atoms with Crippen molar-refractivity contribution < 1.29 is 4.57 Å². The van der Waals surface area contributed by atoms with E-state index in [4.69, 9.17) is 4.98 Å². The number of hydrogen-bond acceptors (Lipinski definition) is 4. The van der Waals surface area contributed by atoms with E-state index in [1.807, 2.05) is 19.3 Å². The molecule has 0 aliphatic carbocycles. The molecule has 5 nitrogen and oxygen atoms in total. The molecule has 0 saturated carbocycles. The molecule has 5 heteroatoms. The first-order valence-electron chi connectivity index (χ1n) is 7.07. The molecule has 0 atom stereocenters. The zero-order valence-corrected chi connectivity index (χ0v) is 11.6. The summed E-state index contributed by atoms with van der Waals surface area (Å²) in [5.41, 5.74) is 2.82. The van der Waals surface area contributed by atoms with Crippen molar-refractivity contribution in [1.29, 1.82) is 0 Å². The van der Waals surface area contributed by atoms with Crippen LogP contribution in [0.2, 0.25) is 0 Å². The van der Waals surface area contributed by atoms with Crippen molar-refractivity contribution in [3.05, 3.63) is 18.1 Å². The molecule has 0 bridgehead atoms. The highest BCUT2D eigenvalue weighted by Crippen LogP contribution is 2.18. The standard InChI is InChI=1S/C14H20N5/c1-3-18-10-7-15-12-11(2)16-14(17-13(12)18)19-8-5-4-6-9-19/h7,10H,3-6,8-9H2,1-2H3/q+1. The molecule has 2 aromatic heterocycles. The Morgan fingerprint density at radius 2 is 2.00 bits per heavy atom. The lowest BCUT2D eigenvalue weighted by molar-refractivity contribution is -0.670. The number of piperidine rings is 1. The zero-order chi connectivity index (χ0) is 13.2. The fourth-order valence-electron chi connectivity index (χ4n) is 2.64. The van der Waals surface area contributed by atoms with E-state index in [2.05, 4.69) is 26.4 Å². The second kappa shape index (κ2) is 5.07. The Bertz CT molecular complexity index is 590. The van der Waals surface area contributed by atoms with Crippen LogP contribution >= 0.6 is 0 Å². The molecule has 1 saturated heterocycles. The lowest BCUT2D eigenvalue weighted by Crippen LogP contribution is -2.36. The molecular weight excluding hydrogens is 238 g/mol. The van der Waals surface area contributed by atoms with Gasteiger partial charge in [0.15, 0.2) is 5.52 Å². The Balaban J connectivity index is 2.11. The highest BCUT2D eigenvalue weighted by molar-refractivity contribution is 5.70. The lowest BCUT2D eigenvalue weighted by atomic mass is 10.1. The third-order valence-corrected chi connectivity index (χ3v) is 3.73. The maximum absolute atomic E-state index is 4.75. The normalized spacial score (nSPS) is 16.0. The Morgan fingerprint density at radius 1 is 1.21 bits per heavy atom. The summed E-state index contributed by atoms with van der Waals surface area (Å²) >= 11 is 0. The molecule has 1 aliphatic rings. The van der Waals surface area contributed by atoms with Crippen molar-refractivity contribution in [2.45, 2.75) is 39.7 Å². The van der Waals surface area contributed by atoms with Gasteiger partial charge in [-0.3, -0.25) is 0 Å². The molecule has 100 valence electrons. The van der Waals surface area contributed by atoms with Crippen LogP contribution in [-0.4, -0.2) is 28.0 Å². The van der Waals surface area contributed by atoms with E-state index in [0.29, 0.717) is 0 Å². The van der Waals surface area contributed by atoms with E-state index in [1.165, 1.54) is 19.3 Å². The molecule has 0 N–H and O–H groups in total. The van der Waals surface area contributed by atoms with E-state index >= 15 is 0 Å². The topological polar surface area (TPSA) is 45.8 Å². The summed E-state index contributed by atoms with van der Waals surface area (Å²) in [6.07, 6.45) is 7.60. The number of anilines is 1. The Labute approximate surface area is 113 Å². The SMILES string of the molecule is CC[n+]1ccnc2c(C)nc(N3CCCCC3)nc21. The van der Waals surface area contributed by atoms with Crippen LogP contribution in [0.1, 0.15) is 31.9 Å². The average Bonchev–Trinajstić information content (AvgIpc) is 2.47. The number of aromatic nitrogens is 4. The van der Waals surface area contributed by atoms with E-state index in [1.54, 1.807) is 0 Å². The summed E-state index contributed by atoms with van der Waals surface area (Å²) in [7, 11) is 0. The molecule has 0 amide bonds. The smallest absolute Gasteiger partial charge is 0.319 e. The minimum absolute atomic E-state index is 0.861. The van der Waals surface area contributed by atoms with Gasteiger partial charge in [0, 0.05) is 18.1 Å². The maximum atomic E-state index is 4.75. The summed E-state index contributed by atoms with van der Waals surface area (Å²) in [5, 5.41) is 0. The molecule has 1 aliphatic heterocycles. The summed E-state index contributed by atoms with van der Waals surface area (Å²) in [4.78, 5) is 16.1. The minimum Gasteiger partial charge on any atom is -0.319 e. The van der Waals surface area contributed by atoms with E-state index in [-0.39, 0.29) is 0 Å². The van der Waals surface area contributed by atoms with E-state index in [9.17, 15) is 0 Å². The van der Waals surface area contributed by atoms with Crippen LogP contribution < -0.4 is 9.47 Å². The van der Waals surface area contributed by atoms with E-state index in [0.717, 1.165) is 42.4 Å². The highest BCUT2D eigenvalue weighted by Gasteiger charge is 2.22. The van der Waals surface area contributed by atoms with Gasteiger partial charge in [-0.05, 0) is 33.1 Å². The summed E-state index contributed by atoms with van der Waals surface area (Å²) in [5.74, 6) is 0.861. The third-order valence-electron chi connectivity index (χ3n) is 3.73. The fraction of sp³-hybridized carbons (Fsp3) is 0.571. The van der Waals surface area contributed by atoms with Gasteiger partial charge < -0.3 is 4.90 Å². The van der Waals surface area contributed by atoms with Gasteiger partial charge >= 0.3 is 11.6 Å². The monoisotopic (exact) mass is 258 g/mol. The van der Waals surface area contributed by atoms with Gasteiger partial charge in [0.1, 0.15) is 6.20 Å². The molecule has 0 spiro atoms. The first-order valence-corrected chi connectivity index (χ1v) is 7.07. The number of nitrogens with zero attached hydrogens (tertiary/aromatic N) is 5. The van der Waals surface area contributed by atoms with Gasteiger partial charge in [-0.1, -0.05) is 0 Å². The highest BCUT2D eigenvalue weighted by atomic mass is 15.3. The van der Waals surface area contributed by atoms with Crippen LogP contribution in [0.25, 0.3) is 11.2 Å². The maximum Gasteiger partial charge on any atom is 0.355 e. The molecule has 2 aromatic rings. The largest absolute Gasteiger partial charge is 0.355 e. The first-order chi connectivity index (χ1) is 9.29. The van der Waals surface area contributed by atoms with Gasteiger partial charge in [-0.15, -0.1) is 0 Å². The van der Waals surface area contributed by atoms with Crippen molar-refractivity contribution >= 4 is 17.1 Å². The number of aryl methyl sites for hydroxylation is 2. The molecule has 19 heavy (non-hydrogen) atoms. The van der Waals surface area contributed by atoms with Crippen molar-refractivity contribution in [3.8, 4) is 0 Å². The Hall–Kier alpha value is -1.78. The second-order valence-electron chi connectivity index (χ2n) is 5.04.